The molecule has 3 nitrogen and oxygen atoms in total. The van der Waals surface area contributed by atoms with Crippen LogP contribution in [0.15, 0.2) is 10.2 Å². The normalized spacial score (nSPS) is 31.6. The molecule has 0 spiro atoms. The van der Waals surface area contributed by atoms with Crippen LogP contribution in [0.3, 0.4) is 0 Å². The molecule has 0 aliphatic heterocycles. The van der Waals surface area contributed by atoms with Crippen LogP contribution in [-0.2, 0) is 0 Å². The van der Waals surface area contributed by atoms with Gasteiger partial charge in [-0.05, 0) is 39.5 Å². The molecule has 90 valence electrons. The number of halogens is 1. The van der Waals surface area contributed by atoms with Crippen LogP contribution >= 0.6 is 22.6 Å². The molecule has 0 aromatic heterocycles. The Morgan fingerprint density at radius 2 is 2.19 bits per heavy atom. The smallest absolute Gasteiger partial charge is 0.179 e. The highest BCUT2D eigenvalue weighted by Gasteiger charge is 2.40. The fraction of sp³-hybridized carbons (Fsp3) is 0.917. The molecular weight excluding hydrogens is 313 g/mol. The summed E-state index contributed by atoms with van der Waals surface area (Å²) >= 11 is 2.36. The van der Waals surface area contributed by atoms with E-state index in [4.69, 9.17) is 0 Å². The van der Waals surface area contributed by atoms with Gasteiger partial charge in [-0.15, -0.1) is 0 Å². The second-order valence-electron chi connectivity index (χ2n) is 5.12. The highest BCUT2D eigenvalue weighted by molar-refractivity contribution is 14.1. The molecule has 1 aliphatic rings. The Bertz CT molecular complexity index is 306. The highest BCUT2D eigenvalue weighted by atomic mass is 127. The Kier molecular flexibility index (Phi) is 4.72. The van der Waals surface area contributed by atoms with Crippen LogP contribution in [0.1, 0.15) is 52.9 Å². The number of hydrogen-bond acceptors (Lipinski definition) is 3. The molecule has 2 atom stereocenters. The second-order valence-corrected chi connectivity index (χ2v) is 6.62. The van der Waals surface area contributed by atoms with E-state index in [2.05, 4.69) is 59.7 Å². The van der Waals surface area contributed by atoms with Crippen LogP contribution in [0, 0.1) is 11.3 Å². The average Bonchev–Trinajstić information content (AvgIpc) is 2.29. The van der Waals surface area contributed by atoms with E-state index in [9.17, 15) is 5.26 Å². The standard InChI is InChI=1S/C12H20IN3/c1-4-11(2,3)15-16-12(9-14)8-6-5-7-10(12)13/h10H,4-8H2,1-3H3. The average molecular weight is 333 g/mol. The third-order valence-electron chi connectivity index (χ3n) is 3.34. The molecule has 1 aliphatic carbocycles. The first-order chi connectivity index (χ1) is 7.46. The Morgan fingerprint density at radius 1 is 1.50 bits per heavy atom. The summed E-state index contributed by atoms with van der Waals surface area (Å²) in [5.41, 5.74) is -0.705. The van der Waals surface area contributed by atoms with Gasteiger partial charge in [-0.1, -0.05) is 35.9 Å². The van der Waals surface area contributed by atoms with Crippen molar-refractivity contribution in [3.63, 3.8) is 0 Å². The second kappa shape index (κ2) is 5.44. The quantitative estimate of drug-likeness (QED) is 0.432. The van der Waals surface area contributed by atoms with Gasteiger partial charge < -0.3 is 0 Å². The minimum atomic E-state index is -0.564. The SMILES string of the molecule is CCC(C)(C)N=NC1(C#N)CCCCC1I. The molecule has 0 aromatic carbocycles. The Labute approximate surface area is 112 Å². The molecule has 0 bridgehead atoms. The van der Waals surface area contributed by atoms with Crippen molar-refractivity contribution in [2.45, 2.75) is 67.9 Å². The monoisotopic (exact) mass is 333 g/mol. The maximum Gasteiger partial charge on any atom is 0.179 e. The first-order valence-corrected chi connectivity index (χ1v) is 7.20. The van der Waals surface area contributed by atoms with E-state index in [1.54, 1.807) is 0 Å². The van der Waals surface area contributed by atoms with Crippen molar-refractivity contribution in [1.29, 1.82) is 5.26 Å². The van der Waals surface area contributed by atoms with E-state index in [1.807, 2.05) is 0 Å². The molecule has 1 fully saturated rings. The zero-order valence-corrected chi connectivity index (χ0v) is 12.5. The summed E-state index contributed by atoms with van der Waals surface area (Å²) in [6, 6.07) is 2.40. The van der Waals surface area contributed by atoms with Crippen molar-refractivity contribution < 1.29 is 0 Å². The van der Waals surface area contributed by atoms with Crippen LogP contribution in [0.25, 0.3) is 0 Å². The number of nitriles is 1. The Balaban J connectivity index is 2.86. The molecule has 2 unspecified atom stereocenters. The van der Waals surface area contributed by atoms with E-state index in [0.717, 1.165) is 25.7 Å². The van der Waals surface area contributed by atoms with Gasteiger partial charge in [0.15, 0.2) is 5.54 Å². The lowest BCUT2D eigenvalue weighted by atomic mass is 9.83. The number of azo groups is 1. The summed E-state index contributed by atoms with van der Waals surface area (Å²) in [5, 5.41) is 18.2. The van der Waals surface area contributed by atoms with E-state index in [1.165, 1.54) is 6.42 Å². The van der Waals surface area contributed by atoms with Crippen LogP contribution in [0.2, 0.25) is 0 Å². The van der Waals surface area contributed by atoms with Crippen LogP contribution in [-0.4, -0.2) is 15.0 Å². The predicted molar refractivity (Wildman–Crippen MR) is 73.8 cm³/mol. The molecule has 0 heterocycles. The van der Waals surface area contributed by atoms with Crippen molar-refractivity contribution in [3.05, 3.63) is 0 Å². The largest absolute Gasteiger partial charge is 0.195 e. The maximum atomic E-state index is 9.37. The van der Waals surface area contributed by atoms with Gasteiger partial charge in [0.2, 0.25) is 0 Å². The summed E-state index contributed by atoms with van der Waals surface area (Å²) in [7, 11) is 0. The fourth-order valence-corrected chi connectivity index (χ4v) is 2.69. The van der Waals surface area contributed by atoms with Crippen molar-refractivity contribution in [1.82, 2.24) is 0 Å². The third-order valence-corrected chi connectivity index (χ3v) is 4.99. The molecule has 16 heavy (non-hydrogen) atoms. The van der Waals surface area contributed by atoms with Gasteiger partial charge in [0.05, 0.1) is 15.5 Å². The lowest BCUT2D eigenvalue weighted by molar-refractivity contribution is 0.353. The number of hydrogen-bond donors (Lipinski definition) is 0. The molecule has 0 saturated heterocycles. The van der Waals surface area contributed by atoms with Crippen molar-refractivity contribution in [2.75, 3.05) is 0 Å². The lowest BCUT2D eigenvalue weighted by Crippen LogP contribution is -2.38. The van der Waals surface area contributed by atoms with Crippen molar-refractivity contribution >= 4 is 22.6 Å². The summed E-state index contributed by atoms with van der Waals surface area (Å²) in [5.74, 6) is 0. The van der Waals surface area contributed by atoms with Gasteiger partial charge in [0.25, 0.3) is 0 Å². The lowest BCUT2D eigenvalue weighted by Gasteiger charge is -2.31. The molecule has 1 rings (SSSR count). The first-order valence-electron chi connectivity index (χ1n) is 5.95. The molecule has 4 heteroatoms. The van der Waals surface area contributed by atoms with E-state index in [-0.39, 0.29) is 5.54 Å². The molecule has 0 radical (unpaired) electrons. The van der Waals surface area contributed by atoms with Crippen LogP contribution in [0.4, 0.5) is 0 Å². The summed E-state index contributed by atoms with van der Waals surface area (Å²) < 4.78 is 0.306. The molecule has 0 amide bonds. The fourth-order valence-electron chi connectivity index (χ4n) is 1.67. The highest BCUT2D eigenvalue weighted by Crippen LogP contribution is 2.37. The third kappa shape index (κ3) is 3.16. The van der Waals surface area contributed by atoms with Crippen LogP contribution < -0.4 is 0 Å². The van der Waals surface area contributed by atoms with Gasteiger partial charge in [-0.2, -0.15) is 15.5 Å². The number of nitrogens with zero attached hydrogens (tertiary/aromatic N) is 3. The topological polar surface area (TPSA) is 48.5 Å². The maximum absolute atomic E-state index is 9.37. The van der Waals surface area contributed by atoms with E-state index >= 15 is 0 Å². The van der Waals surface area contributed by atoms with E-state index < -0.39 is 5.54 Å². The van der Waals surface area contributed by atoms with Gasteiger partial charge >= 0.3 is 0 Å². The molecular formula is C12H20IN3. The minimum absolute atomic E-state index is 0.141. The molecule has 1 saturated carbocycles. The van der Waals surface area contributed by atoms with Gasteiger partial charge in [0.1, 0.15) is 0 Å². The van der Waals surface area contributed by atoms with Crippen molar-refractivity contribution in [3.8, 4) is 6.07 Å². The number of rotatable bonds is 3. The zero-order chi connectivity index (χ0) is 12.2. The zero-order valence-electron chi connectivity index (χ0n) is 10.3. The van der Waals surface area contributed by atoms with Gasteiger partial charge in [0, 0.05) is 0 Å². The van der Waals surface area contributed by atoms with Gasteiger partial charge in [-0.3, -0.25) is 0 Å². The minimum Gasteiger partial charge on any atom is -0.195 e. The summed E-state index contributed by atoms with van der Waals surface area (Å²) in [6.07, 6.45) is 5.20. The first kappa shape index (κ1) is 13.9. The predicted octanol–water partition coefficient (Wildman–Crippen LogP) is 4.27. The molecule has 0 N–H and O–H groups in total. The Hall–Kier alpha value is -0.180. The van der Waals surface area contributed by atoms with Gasteiger partial charge in [-0.25, -0.2) is 0 Å². The van der Waals surface area contributed by atoms with E-state index in [0.29, 0.717) is 3.92 Å². The van der Waals surface area contributed by atoms with Crippen LogP contribution in [0.5, 0.6) is 0 Å². The Morgan fingerprint density at radius 3 is 2.69 bits per heavy atom. The number of alkyl halides is 1. The summed E-state index contributed by atoms with van der Waals surface area (Å²) in [4.78, 5) is 0. The molecule has 0 aromatic rings. The van der Waals surface area contributed by atoms with Crippen molar-refractivity contribution in [2.24, 2.45) is 10.2 Å². The summed E-state index contributed by atoms with van der Waals surface area (Å²) in [6.45, 7) is 6.22.